The molecule has 0 N–H and O–H groups in total. The fourth-order valence-electron chi connectivity index (χ4n) is 9.71. The van der Waals surface area contributed by atoms with E-state index in [1.807, 2.05) is 0 Å². The molecule has 0 saturated carbocycles. The summed E-state index contributed by atoms with van der Waals surface area (Å²) in [5.41, 5.74) is 14.1. The van der Waals surface area contributed by atoms with Crippen LogP contribution in [0.3, 0.4) is 0 Å². The molecule has 1 aliphatic rings. The second-order valence-electron chi connectivity index (χ2n) is 15.2. The molecule has 0 atom stereocenters. The molecule has 0 aliphatic heterocycles. The zero-order chi connectivity index (χ0) is 36.8. The molecule has 12 rings (SSSR count). The first-order valence-corrected chi connectivity index (χ1v) is 19.4. The minimum atomic E-state index is -0.431. The molecule has 0 bridgehead atoms. The van der Waals surface area contributed by atoms with Crippen LogP contribution in [-0.2, 0) is 5.41 Å². The number of furan rings is 1. The second-order valence-corrected chi connectivity index (χ2v) is 15.2. The van der Waals surface area contributed by atoms with E-state index in [-0.39, 0.29) is 0 Å². The van der Waals surface area contributed by atoms with E-state index in [1.54, 1.807) is 0 Å². The Labute approximate surface area is 324 Å². The molecule has 1 nitrogen and oxygen atoms in total. The van der Waals surface area contributed by atoms with Crippen LogP contribution in [-0.4, -0.2) is 0 Å². The molecule has 0 radical (unpaired) electrons. The number of hydrogen-bond donors (Lipinski definition) is 0. The SMILES string of the molecule is c1ccc(C2(c3ccccc3)c3ccccc3-c3ccc4cc(-c5ccc6cc(-c7ccc8c(c7)oc7cc9ccccc9cc78)ccc6c5)ccc4c32)cc1. The summed E-state index contributed by atoms with van der Waals surface area (Å²) in [6.07, 6.45) is 0. The zero-order valence-corrected chi connectivity index (χ0v) is 30.5. The van der Waals surface area contributed by atoms with Gasteiger partial charge in [-0.15, -0.1) is 0 Å². The predicted molar refractivity (Wildman–Crippen MR) is 234 cm³/mol. The third-order valence-electron chi connectivity index (χ3n) is 12.3. The van der Waals surface area contributed by atoms with Crippen molar-refractivity contribution >= 4 is 54.3 Å². The quantitative estimate of drug-likeness (QED) is 0.177. The molecule has 260 valence electrons. The summed E-state index contributed by atoms with van der Waals surface area (Å²) in [7, 11) is 0. The van der Waals surface area contributed by atoms with Crippen LogP contribution in [0.1, 0.15) is 22.3 Å². The molecule has 1 aromatic heterocycles. The topological polar surface area (TPSA) is 13.1 Å². The first-order chi connectivity index (χ1) is 27.7. The predicted octanol–water partition coefficient (Wildman–Crippen LogP) is 14.7. The molecule has 0 amide bonds. The van der Waals surface area contributed by atoms with Crippen LogP contribution in [0, 0.1) is 0 Å². The lowest BCUT2D eigenvalue weighted by Crippen LogP contribution is -2.28. The summed E-state index contributed by atoms with van der Waals surface area (Å²) >= 11 is 0. The zero-order valence-electron chi connectivity index (χ0n) is 30.5. The van der Waals surface area contributed by atoms with Crippen molar-refractivity contribution in [1.82, 2.24) is 0 Å². The van der Waals surface area contributed by atoms with E-state index in [0.29, 0.717) is 0 Å². The molecule has 1 aliphatic carbocycles. The number of hydrogen-bond acceptors (Lipinski definition) is 1. The smallest absolute Gasteiger partial charge is 0.136 e. The fraction of sp³-hybridized carbons (Fsp3) is 0.0182. The Morgan fingerprint density at radius 1 is 0.304 bits per heavy atom. The van der Waals surface area contributed by atoms with Crippen LogP contribution in [0.5, 0.6) is 0 Å². The van der Waals surface area contributed by atoms with Gasteiger partial charge in [-0.05, 0) is 130 Å². The molecule has 10 aromatic carbocycles. The maximum Gasteiger partial charge on any atom is 0.136 e. The van der Waals surface area contributed by atoms with Gasteiger partial charge < -0.3 is 4.42 Å². The van der Waals surface area contributed by atoms with Gasteiger partial charge in [0.1, 0.15) is 11.2 Å². The van der Waals surface area contributed by atoms with Crippen LogP contribution < -0.4 is 0 Å². The molecule has 0 unspecified atom stereocenters. The van der Waals surface area contributed by atoms with E-state index < -0.39 is 5.41 Å². The van der Waals surface area contributed by atoms with Gasteiger partial charge >= 0.3 is 0 Å². The summed E-state index contributed by atoms with van der Waals surface area (Å²) in [5.74, 6) is 0. The maximum absolute atomic E-state index is 6.40. The first-order valence-electron chi connectivity index (χ1n) is 19.4. The maximum atomic E-state index is 6.40. The highest BCUT2D eigenvalue weighted by Crippen LogP contribution is 2.58. The van der Waals surface area contributed by atoms with Gasteiger partial charge in [0.15, 0.2) is 0 Å². The van der Waals surface area contributed by atoms with Crippen molar-refractivity contribution < 1.29 is 4.42 Å². The molecule has 11 aromatic rings. The van der Waals surface area contributed by atoms with Gasteiger partial charge in [-0.2, -0.15) is 0 Å². The van der Waals surface area contributed by atoms with Crippen molar-refractivity contribution in [2.45, 2.75) is 5.41 Å². The lowest BCUT2D eigenvalue weighted by molar-refractivity contribution is 0.669. The van der Waals surface area contributed by atoms with Gasteiger partial charge in [0.25, 0.3) is 0 Å². The Hall–Kier alpha value is -7.22. The van der Waals surface area contributed by atoms with Gasteiger partial charge in [-0.25, -0.2) is 0 Å². The van der Waals surface area contributed by atoms with E-state index in [2.05, 4.69) is 206 Å². The second kappa shape index (κ2) is 11.9. The molecular formula is C55H34O. The van der Waals surface area contributed by atoms with Crippen LogP contribution in [0.4, 0.5) is 0 Å². The van der Waals surface area contributed by atoms with E-state index in [9.17, 15) is 0 Å². The van der Waals surface area contributed by atoms with Crippen molar-refractivity contribution in [2.75, 3.05) is 0 Å². The Morgan fingerprint density at radius 2 is 0.804 bits per heavy atom. The molecule has 1 heteroatoms. The summed E-state index contributed by atoms with van der Waals surface area (Å²) < 4.78 is 6.40. The molecule has 1 heterocycles. The number of rotatable bonds is 4. The van der Waals surface area contributed by atoms with Crippen molar-refractivity contribution in [1.29, 1.82) is 0 Å². The van der Waals surface area contributed by atoms with Crippen LogP contribution in [0.2, 0.25) is 0 Å². The number of benzene rings is 10. The van der Waals surface area contributed by atoms with Gasteiger partial charge in [-0.1, -0.05) is 164 Å². The first kappa shape index (κ1) is 31.2. The molecule has 0 saturated heterocycles. The van der Waals surface area contributed by atoms with E-state index >= 15 is 0 Å². The van der Waals surface area contributed by atoms with Crippen molar-refractivity contribution in [3.63, 3.8) is 0 Å². The molecular weight excluding hydrogens is 677 g/mol. The van der Waals surface area contributed by atoms with Gasteiger partial charge in [0.2, 0.25) is 0 Å². The molecule has 0 spiro atoms. The number of fused-ring (bicyclic) bond motifs is 10. The van der Waals surface area contributed by atoms with Crippen LogP contribution in [0.15, 0.2) is 211 Å². The average molecular weight is 711 g/mol. The van der Waals surface area contributed by atoms with Crippen LogP contribution >= 0.6 is 0 Å². The third kappa shape index (κ3) is 4.49. The van der Waals surface area contributed by atoms with Crippen molar-refractivity contribution in [3.8, 4) is 33.4 Å². The largest absolute Gasteiger partial charge is 0.456 e. The van der Waals surface area contributed by atoms with Crippen molar-refractivity contribution in [3.05, 3.63) is 229 Å². The Kier molecular flexibility index (Phi) is 6.62. The van der Waals surface area contributed by atoms with E-state index in [4.69, 9.17) is 4.42 Å². The summed E-state index contributed by atoms with van der Waals surface area (Å²) in [6.45, 7) is 0. The summed E-state index contributed by atoms with van der Waals surface area (Å²) in [6, 6.07) is 75.9. The summed E-state index contributed by atoms with van der Waals surface area (Å²) in [5, 5.41) is 9.70. The minimum absolute atomic E-state index is 0.431. The average Bonchev–Trinajstić information content (AvgIpc) is 3.78. The normalized spacial score (nSPS) is 13.1. The van der Waals surface area contributed by atoms with E-state index in [1.165, 1.54) is 82.4 Å². The fourth-order valence-corrected chi connectivity index (χ4v) is 9.71. The monoisotopic (exact) mass is 710 g/mol. The highest BCUT2D eigenvalue weighted by molar-refractivity contribution is 6.11. The highest BCUT2D eigenvalue weighted by atomic mass is 16.3. The van der Waals surface area contributed by atoms with Crippen LogP contribution in [0.25, 0.3) is 87.6 Å². The van der Waals surface area contributed by atoms with Gasteiger partial charge in [0, 0.05) is 10.8 Å². The molecule has 56 heavy (non-hydrogen) atoms. The summed E-state index contributed by atoms with van der Waals surface area (Å²) in [4.78, 5) is 0. The Balaban J connectivity index is 0.947. The highest BCUT2D eigenvalue weighted by Gasteiger charge is 2.46. The lowest BCUT2D eigenvalue weighted by Gasteiger charge is -2.34. The third-order valence-corrected chi connectivity index (χ3v) is 12.3. The minimum Gasteiger partial charge on any atom is -0.456 e. The lowest BCUT2D eigenvalue weighted by atomic mass is 9.66. The van der Waals surface area contributed by atoms with Crippen molar-refractivity contribution in [2.24, 2.45) is 0 Å². The standard InChI is InChI=1S/C55H34O/c1-3-13-44(14-4-1)55(45-15-5-2-6-16-45)51-18-10-9-17-47(51)49-28-25-43-31-41(23-26-46(43)54(49)55)39-20-19-38-30-40(22-21-37(38)29-39)42-24-27-48-50-32-35-11-7-8-12-36(35)33-53(50)56-52(48)34-42/h1-34H. The Morgan fingerprint density at radius 3 is 1.50 bits per heavy atom. The molecule has 0 fully saturated rings. The van der Waals surface area contributed by atoms with E-state index in [0.717, 1.165) is 27.5 Å². The van der Waals surface area contributed by atoms with Gasteiger partial charge in [-0.3, -0.25) is 0 Å². The Bertz CT molecular complexity index is 3310. The van der Waals surface area contributed by atoms with Gasteiger partial charge in [0.05, 0.1) is 5.41 Å².